The van der Waals surface area contributed by atoms with Crippen LogP contribution in [0.4, 0.5) is 0 Å². The summed E-state index contributed by atoms with van der Waals surface area (Å²) in [4.78, 5) is 2.64. The van der Waals surface area contributed by atoms with Gasteiger partial charge < -0.3 is 15.4 Å². The van der Waals surface area contributed by atoms with Crippen molar-refractivity contribution in [2.24, 2.45) is 11.7 Å². The highest BCUT2D eigenvalue weighted by atomic mass is 16.5. The molecule has 0 heterocycles. The van der Waals surface area contributed by atoms with E-state index >= 15 is 0 Å². The van der Waals surface area contributed by atoms with Crippen molar-refractivity contribution in [2.45, 2.75) is 69.6 Å². The van der Waals surface area contributed by atoms with Gasteiger partial charge in [0.1, 0.15) is 0 Å². The lowest BCUT2D eigenvalue weighted by Gasteiger charge is -2.44. The number of hydrogen-bond acceptors (Lipinski definition) is 3. The highest BCUT2D eigenvalue weighted by Gasteiger charge is 2.33. The fourth-order valence-electron chi connectivity index (χ4n) is 3.97. The van der Waals surface area contributed by atoms with E-state index in [0.717, 1.165) is 6.54 Å². The van der Waals surface area contributed by atoms with Crippen LogP contribution in [0.3, 0.4) is 0 Å². The van der Waals surface area contributed by atoms with Crippen molar-refractivity contribution in [3.8, 4) is 0 Å². The van der Waals surface area contributed by atoms with Gasteiger partial charge >= 0.3 is 0 Å². The molecule has 0 aliphatic heterocycles. The van der Waals surface area contributed by atoms with E-state index in [-0.39, 0.29) is 0 Å². The smallest absolute Gasteiger partial charge is 0.0586 e. The molecule has 0 radical (unpaired) electrons. The van der Waals surface area contributed by atoms with Crippen molar-refractivity contribution in [2.75, 3.05) is 20.7 Å². The zero-order valence-corrected chi connectivity index (χ0v) is 12.1. The average molecular weight is 254 g/mol. The van der Waals surface area contributed by atoms with Crippen molar-refractivity contribution in [3.05, 3.63) is 0 Å². The van der Waals surface area contributed by atoms with Crippen LogP contribution in [-0.2, 0) is 4.74 Å². The minimum absolute atomic E-state index is 0.478. The molecule has 0 aromatic carbocycles. The summed E-state index contributed by atoms with van der Waals surface area (Å²) in [5, 5.41) is 0. The predicted octanol–water partition coefficient (Wildman–Crippen LogP) is 2.39. The lowest BCUT2D eigenvalue weighted by molar-refractivity contribution is 0.00798. The second-order valence-electron chi connectivity index (χ2n) is 6.19. The Balaban J connectivity index is 1.93. The Morgan fingerprint density at radius 2 is 1.89 bits per heavy atom. The van der Waals surface area contributed by atoms with Crippen LogP contribution in [0.5, 0.6) is 0 Å². The van der Waals surface area contributed by atoms with Gasteiger partial charge in [-0.2, -0.15) is 0 Å². The van der Waals surface area contributed by atoms with Crippen LogP contribution in [0.15, 0.2) is 0 Å². The van der Waals surface area contributed by atoms with Crippen LogP contribution >= 0.6 is 0 Å². The zero-order valence-electron chi connectivity index (χ0n) is 12.1. The van der Waals surface area contributed by atoms with Crippen molar-refractivity contribution in [1.82, 2.24) is 4.90 Å². The summed E-state index contributed by atoms with van der Waals surface area (Å²) in [7, 11) is 4.18. The summed E-state index contributed by atoms with van der Waals surface area (Å²) in [6, 6.07) is 1.42. The van der Waals surface area contributed by atoms with Crippen LogP contribution in [0.1, 0.15) is 51.4 Å². The molecular weight excluding hydrogens is 224 g/mol. The molecule has 2 aliphatic rings. The van der Waals surface area contributed by atoms with Gasteiger partial charge in [-0.3, -0.25) is 0 Å². The van der Waals surface area contributed by atoms with Crippen molar-refractivity contribution in [1.29, 1.82) is 0 Å². The van der Waals surface area contributed by atoms with E-state index in [2.05, 4.69) is 11.9 Å². The Morgan fingerprint density at radius 3 is 2.61 bits per heavy atom. The molecule has 4 atom stereocenters. The first-order valence-electron chi connectivity index (χ1n) is 7.71. The molecule has 2 rings (SSSR count). The summed E-state index contributed by atoms with van der Waals surface area (Å²) in [6.07, 6.45) is 11.0. The molecule has 4 unspecified atom stereocenters. The second-order valence-corrected chi connectivity index (χ2v) is 6.19. The van der Waals surface area contributed by atoms with Crippen LogP contribution in [0, 0.1) is 5.92 Å². The van der Waals surface area contributed by atoms with Crippen molar-refractivity contribution < 1.29 is 4.74 Å². The maximum Gasteiger partial charge on any atom is 0.0586 e. The van der Waals surface area contributed by atoms with E-state index in [1.165, 1.54) is 51.4 Å². The summed E-state index contributed by atoms with van der Waals surface area (Å²) in [5.41, 5.74) is 5.96. The molecule has 106 valence electrons. The molecule has 0 saturated heterocycles. The van der Waals surface area contributed by atoms with E-state index in [9.17, 15) is 0 Å². The highest BCUT2D eigenvalue weighted by Crippen LogP contribution is 2.32. The fraction of sp³-hybridized carbons (Fsp3) is 1.00. The average Bonchev–Trinajstić information content (AvgIpc) is 2.46. The molecule has 3 heteroatoms. The fourth-order valence-corrected chi connectivity index (χ4v) is 3.97. The number of nitrogens with zero attached hydrogens (tertiary/aromatic N) is 1. The maximum absolute atomic E-state index is 5.96. The quantitative estimate of drug-likeness (QED) is 0.837. The predicted molar refractivity (Wildman–Crippen MR) is 75.6 cm³/mol. The molecule has 2 fully saturated rings. The third kappa shape index (κ3) is 3.25. The first-order valence-corrected chi connectivity index (χ1v) is 7.71. The van der Waals surface area contributed by atoms with Gasteiger partial charge in [0.15, 0.2) is 0 Å². The van der Waals surface area contributed by atoms with Gasteiger partial charge in [0, 0.05) is 19.2 Å². The van der Waals surface area contributed by atoms with Gasteiger partial charge in [-0.25, -0.2) is 0 Å². The SMILES string of the molecule is COC1CCCC(N(C)C2CCCCC2CN)C1. The molecule has 2 aliphatic carbocycles. The Bertz CT molecular complexity index is 247. The summed E-state index contributed by atoms with van der Waals surface area (Å²) < 4.78 is 5.56. The van der Waals surface area contributed by atoms with E-state index in [1.54, 1.807) is 0 Å². The first-order chi connectivity index (χ1) is 8.76. The summed E-state index contributed by atoms with van der Waals surface area (Å²) >= 11 is 0. The number of nitrogens with two attached hydrogens (primary N) is 1. The van der Waals surface area contributed by atoms with Gasteiger partial charge in [0.05, 0.1) is 6.10 Å². The van der Waals surface area contributed by atoms with Gasteiger partial charge in [-0.1, -0.05) is 12.8 Å². The number of hydrogen-bond donors (Lipinski definition) is 1. The van der Waals surface area contributed by atoms with E-state index in [1.807, 2.05) is 7.11 Å². The highest BCUT2D eigenvalue weighted by molar-refractivity contribution is 4.88. The number of methoxy groups -OCH3 is 1. The Morgan fingerprint density at radius 1 is 1.11 bits per heavy atom. The molecular formula is C15H30N2O. The summed E-state index contributed by atoms with van der Waals surface area (Å²) in [6.45, 7) is 0.857. The van der Waals surface area contributed by atoms with Crippen LogP contribution in [0.2, 0.25) is 0 Å². The third-order valence-corrected chi connectivity index (χ3v) is 5.20. The Kier molecular flexibility index (Phi) is 5.46. The minimum atomic E-state index is 0.478. The van der Waals surface area contributed by atoms with E-state index in [4.69, 9.17) is 10.5 Å². The molecule has 18 heavy (non-hydrogen) atoms. The van der Waals surface area contributed by atoms with Crippen LogP contribution in [0.25, 0.3) is 0 Å². The monoisotopic (exact) mass is 254 g/mol. The molecule has 0 aromatic rings. The molecule has 3 nitrogen and oxygen atoms in total. The molecule has 0 amide bonds. The summed E-state index contributed by atoms with van der Waals surface area (Å²) in [5.74, 6) is 0.715. The van der Waals surface area contributed by atoms with Gasteiger partial charge in [-0.15, -0.1) is 0 Å². The topological polar surface area (TPSA) is 38.5 Å². The van der Waals surface area contributed by atoms with E-state index in [0.29, 0.717) is 24.1 Å². The Hall–Kier alpha value is -0.120. The molecule has 0 bridgehead atoms. The van der Waals surface area contributed by atoms with Crippen molar-refractivity contribution in [3.63, 3.8) is 0 Å². The van der Waals surface area contributed by atoms with Gasteiger partial charge in [0.2, 0.25) is 0 Å². The van der Waals surface area contributed by atoms with E-state index < -0.39 is 0 Å². The second kappa shape index (κ2) is 6.88. The van der Waals surface area contributed by atoms with Crippen LogP contribution in [-0.4, -0.2) is 43.8 Å². The lowest BCUT2D eigenvalue weighted by atomic mass is 9.81. The number of rotatable bonds is 4. The van der Waals surface area contributed by atoms with Gasteiger partial charge in [-0.05, 0) is 58.0 Å². The Labute approximate surface area is 112 Å². The molecule has 0 aromatic heterocycles. The van der Waals surface area contributed by atoms with Crippen LogP contribution < -0.4 is 5.73 Å². The normalized spacial score (nSPS) is 38.0. The maximum atomic E-state index is 5.96. The minimum Gasteiger partial charge on any atom is -0.381 e. The molecule has 2 N–H and O–H groups in total. The first kappa shape index (κ1) is 14.3. The standard InChI is InChI=1S/C15H30N2O/c1-17(13-7-5-8-14(10-13)18-2)15-9-4-3-6-12(15)11-16/h12-15H,3-11,16H2,1-2H3. The molecule has 2 saturated carbocycles. The van der Waals surface area contributed by atoms with Crippen molar-refractivity contribution >= 4 is 0 Å². The van der Waals surface area contributed by atoms with Gasteiger partial charge in [0.25, 0.3) is 0 Å². The zero-order chi connectivity index (χ0) is 13.0. The third-order valence-electron chi connectivity index (χ3n) is 5.20. The lowest BCUT2D eigenvalue weighted by Crippen LogP contribution is -2.49. The number of ether oxygens (including phenoxy) is 1. The largest absolute Gasteiger partial charge is 0.381 e. The molecule has 0 spiro atoms.